The highest BCUT2D eigenvalue weighted by Gasteiger charge is 2.43. The monoisotopic (exact) mass is 870 g/mol. The Morgan fingerprint density at radius 3 is 1.20 bits per heavy atom. The molecule has 0 nitrogen and oxygen atoms in total. The topological polar surface area (TPSA) is 0 Å². The van der Waals surface area contributed by atoms with Gasteiger partial charge in [-0.3, -0.25) is 0 Å². The fourth-order valence-corrected chi connectivity index (χ4v) is 21.8. The summed E-state index contributed by atoms with van der Waals surface area (Å²) in [6.07, 6.45) is 18.9. The van der Waals surface area contributed by atoms with Gasteiger partial charge >= 0.3 is 0 Å². The van der Waals surface area contributed by atoms with Gasteiger partial charge in [0.2, 0.25) is 0 Å². The molecule has 0 spiro atoms. The molecule has 0 saturated heterocycles. The number of rotatable bonds is 10. The van der Waals surface area contributed by atoms with Gasteiger partial charge in [-0.2, -0.15) is 0 Å². The Morgan fingerprint density at radius 1 is 0.433 bits per heavy atom. The quantitative estimate of drug-likeness (QED) is 0.108. The molecule has 0 aliphatic heterocycles. The van der Waals surface area contributed by atoms with Crippen LogP contribution in [0.5, 0.6) is 0 Å². The van der Waals surface area contributed by atoms with Gasteiger partial charge in [0.05, 0.1) is 5.02 Å². The zero-order chi connectivity index (χ0) is 44.6. The highest BCUT2D eigenvalue weighted by atomic mass is 35.5. The fourth-order valence-electron chi connectivity index (χ4n) is 10.9. The van der Waals surface area contributed by atoms with Crippen LogP contribution in [0.3, 0.4) is 0 Å². The molecule has 0 amide bonds. The third-order valence-electron chi connectivity index (χ3n) is 14.9. The molecular weight excluding hydrogens is 800 g/mol. The standard InChI is InChI=1S/C56H72Cl2Si2/c1-39(2)59(40(3)4,41(5)6)36-26-45-38-48(57)24-25-50(45)55(15)32-28-53(13,29-33-55)46-20-22-47(23-21-46)54(14)30-34-56(16,35-31-54)51-18-17-19-52(58)49(51)27-37-60(42(7)8,43(9)10)44(11)12/h17-25,28-35,38-44H,1-16H3. The number of benzene rings is 3. The van der Waals surface area contributed by atoms with Crippen molar-refractivity contribution in [2.45, 2.75) is 166 Å². The Balaban J connectivity index is 1.42. The minimum Gasteiger partial charge on any atom is -0.125 e. The van der Waals surface area contributed by atoms with Gasteiger partial charge in [0.15, 0.2) is 0 Å². The molecule has 0 bridgehead atoms. The van der Waals surface area contributed by atoms with Gasteiger partial charge in [0.25, 0.3) is 0 Å². The zero-order valence-corrected chi connectivity index (χ0v) is 43.1. The van der Waals surface area contributed by atoms with E-state index in [-0.39, 0.29) is 21.7 Å². The van der Waals surface area contributed by atoms with Crippen LogP contribution in [0.4, 0.5) is 0 Å². The lowest BCUT2D eigenvalue weighted by atomic mass is 9.68. The van der Waals surface area contributed by atoms with Crippen LogP contribution < -0.4 is 0 Å². The molecule has 318 valence electrons. The molecule has 0 radical (unpaired) electrons. The van der Waals surface area contributed by atoms with Crippen LogP contribution in [-0.4, -0.2) is 16.1 Å². The lowest BCUT2D eigenvalue weighted by Gasteiger charge is -2.38. The minimum atomic E-state index is -1.94. The van der Waals surface area contributed by atoms with Gasteiger partial charge in [-0.05, 0) is 101 Å². The van der Waals surface area contributed by atoms with Gasteiger partial charge in [-0.15, -0.1) is 11.1 Å². The van der Waals surface area contributed by atoms with E-state index in [2.05, 4.69) is 231 Å². The van der Waals surface area contributed by atoms with Crippen LogP contribution in [0.25, 0.3) is 0 Å². The van der Waals surface area contributed by atoms with Crippen molar-refractivity contribution in [1.82, 2.24) is 0 Å². The average Bonchev–Trinajstić information content (AvgIpc) is 3.17. The van der Waals surface area contributed by atoms with Crippen LogP contribution in [0.2, 0.25) is 43.3 Å². The number of halogens is 2. The first-order valence-corrected chi connectivity index (χ1v) is 27.7. The maximum Gasteiger partial charge on any atom is 0.146 e. The first kappa shape index (κ1) is 47.8. The van der Waals surface area contributed by atoms with Crippen molar-refractivity contribution >= 4 is 39.3 Å². The van der Waals surface area contributed by atoms with Crippen LogP contribution in [0.1, 0.15) is 144 Å². The van der Waals surface area contributed by atoms with E-state index < -0.39 is 16.1 Å². The highest BCUT2D eigenvalue weighted by molar-refractivity contribution is 6.91. The summed E-state index contributed by atoms with van der Waals surface area (Å²) in [6, 6.07) is 21.8. The molecule has 0 heterocycles. The van der Waals surface area contributed by atoms with Crippen LogP contribution in [0, 0.1) is 22.9 Å². The van der Waals surface area contributed by atoms with Crippen molar-refractivity contribution in [1.29, 1.82) is 0 Å². The lowest BCUT2D eigenvalue weighted by molar-refractivity contribution is 0.655. The Labute approximate surface area is 378 Å². The van der Waals surface area contributed by atoms with Crippen LogP contribution in [-0.2, 0) is 21.7 Å². The molecule has 0 unspecified atom stereocenters. The summed E-state index contributed by atoms with van der Waals surface area (Å²) in [5, 5.41) is 1.46. The summed E-state index contributed by atoms with van der Waals surface area (Å²) >= 11 is 13.6. The summed E-state index contributed by atoms with van der Waals surface area (Å²) < 4.78 is 0. The van der Waals surface area contributed by atoms with Crippen molar-refractivity contribution in [2.24, 2.45) is 0 Å². The molecule has 4 heteroatoms. The fraction of sp³-hybridized carbons (Fsp3) is 0.464. The average molecular weight is 872 g/mol. The molecule has 3 aromatic rings. The Kier molecular flexibility index (Phi) is 14.2. The van der Waals surface area contributed by atoms with Crippen LogP contribution in [0.15, 0.2) is 109 Å². The van der Waals surface area contributed by atoms with E-state index in [9.17, 15) is 0 Å². The number of hydrogen-bond donors (Lipinski definition) is 0. The molecule has 0 fully saturated rings. The van der Waals surface area contributed by atoms with Gasteiger partial charge in [-0.25, -0.2) is 0 Å². The smallest absolute Gasteiger partial charge is 0.125 e. The molecule has 0 N–H and O–H groups in total. The maximum absolute atomic E-state index is 6.98. The van der Waals surface area contributed by atoms with E-state index in [1.54, 1.807) is 0 Å². The Bertz CT molecular complexity index is 2220. The van der Waals surface area contributed by atoms with Crippen LogP contribution >= 0.6 is 23.2 Å². The minimum absolute atomic E-state index is 0.242. The molecular formula is C56H72Cl2Si2. The van der Waals surface area contributed by atoms with E-state index >= 15 is 0 Å². The second-order valence-electron chi connectivity index (χ2n) is 20.7. The summed E-state index contributed by atoms with van der Waals surface area (Å²) in [5.74, 6) is 7.45. The van der Waals surface area contributed by atoms with Gasteiger partial charge in [-0.1, -0.05) is 209 Å². The molecule has 3 aromatic carbocycles. The highest BCUT2D eigenvalue weighted by Crippen LogP contribution is 2.45. The predicted octanol–water partition coefficient (Wildman–Crippen LogP) is 16.8. The molecule has 5 rings (SSSR count). The van der Waals surface area contributed by atoms with Crippen molar-refractivity contribution in [2.75, 3.05) is 0 Å². The van der Waals surface area contributed by atoms with E-state index in [1.165, 1.54) is 16.7 Å². The molecule has 0 saturated carbocycles. The van der Waals surface area contributed by atoms with Crippen molar-refractivity contribution in [3.05, 3.63) is 153 Å². The van der Waals surface area contributed by atoms with Gasteiger partial charge in [0.1, 0.15) is 16.1 Å². The maximum atomic E-state index is 6.98. The lowest BCUT2D eigenvalue weighted by Crippen LogP contribution is -2.43. The SMILES string of the molecule is CC(C)[Si](C#Cc1cc(Cl)ccc1C1(C)C=CC(C)(c2ccc(C3(C)C=CC(C)(c4cccc(Cl)c4C#C[Si](C(C)C)(C(C)C)C(C)C)C=C3)cc2)C=C1)(C(C)C)C(C)C. The van der Waals surface area contributed by atoms with E-state index in [4.69, 9.17) is 23.2 Å². The summed E-state index contributed by atoms with van der Waals surface area (Å²) in [5.41, 5.74) is 17.0. The second-order valence-corrected chi connectivity index (χ2v) is 32.7. The second kappa shape index (κ2) is 17.9. The van der Waals surface area contributed by atoms with Crippen molar-refractivity contribution in [3.63, 3.8) is 0 Å². The molecule has 2 aliphatic rings. The predicted molar refractivity (Wildman–Crippen MR) is 271 cm³/mol. The van der Waals surface area contributed by atoms with Crippen molar-refractivity contribution < 1.29 is 0 Å². The first-order chi connectivity index (χ1) is 27.9. The van der Waals surface area contributed by atoms with E-state index in [1.807, 2.05) is 12.1 Å². The number of hydrogen-bond acceptors (Lipinski definition) is 0. The van der Waals surface area contributed by atoms with E-state index in [0.717, 1.165) is 26.7 Å². The molecule has 0 aromatic heterocycles. The first-order valence-electron chi connectivity index (χ1n) is 22.5. The largest absolute Gasteiger partial charge is 0.146 e. The zero-order valence-electron chi connectivity index (χ0n) is 39.6. The molecule has 2 aliphatic carbocycles. The Morgan fingerprint density at radius 2 is 0.800 bits per heavy atom. The normalized spacial score (nSPS) is 24.1. The molecule has 60 heavy (non-hydrogen) atoms. The number of allylic oxidation sites excluding steroid dienone is 8. The molecule has 0 atom stereocenters. The Hall–Kier alpha value is -3.25. The third kappa shape index (κ3) is 8.84. The third-order valence-corrected chi connectivity index (χ3v) is 28.1. The summed E-state index contributed by atoms with van der Waals surface area (Å²) in [7, 11) is -3.86. The van der Waals surface area contributed by atoms with Gasteiger partial charge < -0.3 is 0 Å². The summed E-state index contributed by atoms with van der Waals surface area (Å²) in [6.45, 7) is 37.6. The van der Waals surface area contributed by atoms with Gasteiger partial charge in [0, 0.05) is 37.8 Å². The van der Waals surface area contributed by atoms with Crippen molar-refractivity contribution in [3.8, 4) is 22.9 Å². The summed E-state index contributed by atoms with van der Waals surface area (Å²) in [4.78, 5) is 0. The van der Waals surface area contributed by atoms with E-state index in [0.29, 0.717) is 33.2 Å².